The number of aryl methyl sites for hydroxylation is 1. The first-order chi connectivity index (χ1) is 6.07. The van der Waals surface area contributed by atoms with Gasteiger partial charge in [0.1, 0.15) is 0 Å². The minimum Gasteiger partial charge on any atom is -0.267 e. The van der Waals surface area contributed by atoms with Crippen molar-refractivity contribution in [3.63, 3.8) is 0 Å². The van der Waals surface area contributed by atoms with Crippen LogP contribution in [0.3, 0.4) is 0 Å². The SMILES string of the molecule is CCS(=O)c1cnn(C)c(=O)c1C. The highest BCUT2D eigenvalue weighted by Crippen LogP contribution is 2.06. The van der Waals surface area contributed by atoms with Crippen molar-refractivity contribution in [2.75, 3.05) is 5.75 Å². The molecule has 0 aromatic carbocycles. The molecule has 0 saturated heterocycles. The molecule has 0 amide bonds. The summed E-state index contributed by atoms with van der Waals surface area (Å²) in [4.78, 5) is 11.9. The van der Waals surface area contributed by atoms with Crippen LogP contribution in [0.25, 0.3) is 0 Å². The first-order valence-electron chi connectivity index (χ1n) is 3.99. The van der Waals surface area contributed by atoms with Crippen molar-refractivity contribution >= 4 is 10.8 Å². The van der Waals surface area contributed by atoms with Gasteiger partial charge in [-0.2, -0.15) is 5.10 Å². The summed E-state index contributed by atoms with van der Waals surface area (Å²) in [5.74, 6) is 0.510. The summed E-state index contributed by atoms with van der Waals surface area (Å²) >= 11 is 0. The fourth-order valence-corrected chi connectivity index (χ4v) is 1.93. The van der Waals surface area contributed by atoms with Crippen LogP contribution in [0.5, 0.6) is 0 Å². The highest BCUT2D eigenvalue weighted by atomic mass is 32.2. The molecule has 0 radical (unpaired) electrons. The first kappa shape index (κ1) is 10.1. The molecule has 0 aliphatic heterocycles. The van der Waals surface area contributed by atoms with Gasteiger partial charge in [0.05, 0.1) is 21.9 Å². The van der Waals surface area contributed by atoms with Crippen LogP contribution in [0.15, 0.2) is 15.9 Å². The van der Waals surface area contributed by atoms with E-state index < -0.39 is 10.8 Å². The van der Waals surface area contributed by atoms with Crippen molar-refractivity contribution in [2.45, 2.75) is 18.7 Å². The fraction of sp³-hybridized carbons (Fsp3) is 0.500. The van der Waals surface area contributed by atoms with Crippen LogP contribution in [0.2, 0.25) is 0 Å². The second-order valence-electron chi connectivity index (χ2n) is 2.70. The summed E-state index contributed by atoms with van der Waals surface area (Å²) in [6, 6.07) is 0. The molecule has 5 heteroatoms. The topological polar surface area (TPSA) is 52.0 Å². The van der Waals surface area contributed by atoms with Gasteiger partial charge in [0, 0.05) is 18.4 Å². The molecule has 1 aromatic heterocycles. The van der Waals surface area contributed by atoms with E-state index in [4.69, 9.17) is 0 Å². The van der Waals surface area contributed by atoms with E-state index in [9.17, 15) is 9.00 Å². The number of rotatable bonds is 2. The second kappa shape index (κ2) is 3.83. The Kier molecular flexibility index (Phi) is 2.98. The van der Waals surface area contributed by atoms with E-state index in [1.165, 1.54) is 10.9 Å². The van der Waals surface area contributed by atoms with Gasteiger partial charge in [0.15, 0.2) is 0 Å². The number of hydrogen-bond acceptors (Lipinski definition) is 3. The molecule has 1 heterocycles. The average molecular weight is 200 g/mol. The Morgan fingerprint density at radius 3 is 2.77 bits per heavy atom. The molecule has 1 atom stereocenters. The third-order valence-corrected chi connectivity index (χ3v) is 3.27. The lowest BCUT2D eigenvalue weighted by Gasteiger charge is -2.03. The van der Waals surface area contributed by atoms with E-state index in [0.29, 0.717) is 16.2 Å². The van der Waals surface area contributed by atoms with E-state index >= 15 is 0 Å². The van der Waals surface area contributed by atoms with E-state index in [2.05, 4.69) is 5.10 Å². The molecular formula is C8H12N2O2S. The summed E-state index contributed by atoms with van der Waals surface area (Å²) in [5.41, 5.74) is 0.344. The molecule has 0 bridgehead atoms. The lowest BCUT2D eigenvalue weighted by atomic mass is 10.3. The Bertz CT molecular complexity index is 398. The van der Waals surface area contributed by atoms with Gasteiger partial charge in [0.25, 0.3) is 5.56 Å². The van der Waals surface area contributed by atoms with E-state index in [-0.39, 0.29) is 5.56 Å². The number of nitrogens with zero attached hydrogens (tertiary/aromatic N) is 2. The highest BCUT2D eigenvalue weighted by molar-refractivity contribution is 7.85. The molecule has 1 unspecified atom stereocenters. The molecular weight excluding hydrogens is 188 g/mol. The molecule has 4 nitrogen and oxygen atoms in total. The quantitative estimate of drug-likeness (QED) is 0.686. The maximum absolute atomic E-state index is 11.4. The highest BCUT2D eigenvalue weighted by Gasteiger charge is 2.09. The number of aromatic nitrogens is 2. The van der Waals surface area contributed by atoms with Gasteiger partial charge in [-0.1, -0.05) is 6.92 Å². The largest absolute Gasteiger partial charge is 0.270 e. The molecule has 1 rings (SSSR count). The minimum absolute atomic E-state index is 0.181. The number of hydrogen-bond donors (Lipinski definition) is 0. The summed E-state index contributed by atoms with van der Waals surface area (Å²) < 4.78 is 12.7. The molecule has 0 fully saturated rings. The monoisotopic (exact) mass is 200 g/mol. The molecule has 0 spiro atoms. The Hall–Kier alpha value is -0.970. The van der Waals surface area contributed by atoms with Crippen LogP contribution in [0.4, 0.5) is 0 Å². The van der Waals surface area contributed by atoms with E-state index in [1.54, 1.807) is 14.0 Å². The van der Waals surface area contributed by atoms with Crippen molar-refractivity contribution in [1.82, 2.24) is 9.78 Å². The van der Waals surface area contributed by atoms with E-state index in [0.717, 1.165) is 0 Å². The summed E-state index contributed by atoms with van der Waals surface area (Å²) in [6.07, 6.45) is 1.50. The minimum atomic E-state index is -1.10. The molecule has 72 valence electrons. The molecule has 1 aromatic rings. The maximum atomic E-state index is 11.4. The van der Waals surface area contributed by atoms with Crippen LogP contribution in [0, 0.1) is 6.92 Å². The van der Waals surface area contributed by atoms with Crippen molar-refractivity contribution in [3.05, 3.63) is 22.1 Å². The zero-order chi connectivity index (χ0) is 10.0. The Balaban J connectivity index is 3.35. The third kappa shape index (κ3) is 1.85. The zero-order valence-electron chi connectivity index (χ0n) is 7.90. The van der Waals surface area contributed by atoms with Crippen molar-refractivity contribution in [1.29, 1.82) is 0 Å². The predicted octanol–water partition coefficient (Wildman–Crippen LogP) is 0.216. The smallest absolute Gasteiger partial charge is 0.267 e. The standard InChI is InChI=1S/C8H12N2O2S/c1-4-13(12)7-5-9-10(3)8(11)6(7)2/h5H,4H2,1-3H3. The maximum Gasteiger partial charge on any atom is 0.270 e. The van der Waals surface area contributed by atoms with Gasteiger partial charge in [0.2, 0.25) is 0 Å². The van der Waals surface area contributed by atoms with Crippen LogP contribution >= 0.6 is 0 Å². The second-order valence-corrected chi connectivity index (χ2v) is 4.40. The van der Waals surface area contributed by atoms with Crippen LogP contribution < -0.4 is 5.56 Å². The predicted molar refractivity (Wildman–Crippen MR) is 51.2 cm³/mol. The van der Waals surface area contributed by atoms with Gasteiger partial charge in [-0.05, 0) is 6.92 Å². The van der Waals surface area contributed by atoms with E-state index in [1.807, 2.05) is 6.92 Å². The summed E-state index contributed by atoms with van der Waals surface area (Å²) in [5, 5.41) is 3.82. The Morgan fingerprint density at radius 2 is 2.23 bits per heavy atom. The Morgan fingerprint density at radius 1 is 1.62 bits per heavy atom. The van der Waals surface area contributed by atoms with Crippen LogP contribution in [0.1, 0.15) is 12.5 Å². The fourth-order valence-electron chi connectivity index (χ4n) is 1.02. The van der Waals surface area contributed by atoms with Gasteiger partial charge in [-0.15, -0.1) is 0 Å². The molecule has 13 heavy (non-hydrogen) atoms. The van der Waals surface area contributed by atoms with Crippen LogP contribution in [-0.4, -0.2) is 19.7 Å². The van der Waals surface area contributed by atoms with Gasteiger partial charge in [-0.3, -0.25) is 9.00 Å². The normalized spacial score (nSPS) is 12.8. The van der Waals surface area contributed by atoms with Crippen molar-refractivity contribution in [3.8, 4) is 0 Å². The van der Waals surface area contributed by atoms with Gasteiger partial charge >= 0.3 is 0 Å². The summed E-state index contributed by atoms with van der Waals surface area (Å²) in [7, 11) is 0.481. The summed E-state index contributed by atoms with van der Waals surface area (Å²) in [6.45, 7) is 3.49. The third-order valence-electron chi connectivity index (χ3n) is 1.84. The van der Waals surface area contributed by atoms with Crippen molar-refractivity contribution < 1.29 is 4.21 Å². The van der Waals surface area contributed by atoms with Crippen LogP contribution in [-0.2, 0) is 17.8 Å². The first-order valence-corrected chi connectivity index (χ1v) is 5.31. The van der Waals surface area contributed by atoms with Gasteiger partial charge < -0.3 is 0 Å². The zero-order valence-corrected chi connectivity index (χ0v) is 8.72. The lowest BCUT2D eigenvalue weighted by molar-refractivity contribution is 0.668. The van der Waals surface area contributed by atoms with Gasteiger partial charge in [-0.25, -0.2) is 4.68 Å². The molecule has 0 aliphatic rings. The molecule has 0 aliphatic carbocycles. The molecule has 0 saturated carbocycles. The lowest BCUT2D eigenvalue weighted by Crippen LogP contribution is -2.23. The molecule has 0 N–H and O–H groups in total. The Labute approximate surface area is 79.0 Å². The van der Waals surface area contributed by atoms with Crippen molar-refractivity contribution in [2.24, 2.45) is 7.05 Å². The average Bonchev–Trinajstić information content (AvgIpc) is 2.13.